The number of nitrogens with zero attached hydrogens (tertiary/aromatic N) is 3. The summed E-state index contributed by atoms with van der Waals surface area (Å²) in [7, 11) is 0. The van der Waals surface area contributed by atoms with Crippen molar-refractivity contribution in [3.63, 3.8) is 0 Å². The summed E-state index contributed by atoms with van der Waals surface area (Å²) in [4.78, 5) is 4.87. The van der Waals surface area contributed by atoms with Crippen LogP contribution in [0.5, 0.6) is 0 Å². The van der Waals surface area contributed by atoms with Gasteiger partial charge in [-0.05, 0) is 114 Å². The molecule has 0 spiro atoms. The second-order valence-corrected chi connectivity index (χ2v) is 12.3. The highest BCUT2D eigenvalue weighted by Gasteiger charge is 2.19. The zero-order valence-electron chi connectivity index (χ0n) is 26.9. The van der Waals surface area contributed by atoms with Gasteiger partial charge >= 0.3 is 0 Å². The summed E-state index contributed by atoms with van der Waals surface area (Å²) < 4.78 is 4.63. The number of hydrogen-bond acceptors (Lipinski definition) is 2. The number of benzene rings is 5. The molecule has 4 nitrogen and oxygen atoms in total. The average molecular weight is 609 g/mol. The Labute approximate surface area is 275 Å². The molecule has 0 saturated carbocycles. The van der Waals surface area contributed by atoms with E-state index in [1.807, 2.05) is 12.3 Å². The van der Waals surface area contributed by atoms with Crippen LogP contribution in [0, 0.1) is 13.8 Å². The molecular weight excluding hydrogens is 573 g/mol. The molecule has 228 valence electrons. The summed E-state index contributed by atoms with van der Waals surface area (Å²) in [6.45, 7) is 6.47. The first-order valence-corrected chi connectivity index (χ1v) is 16.3. The Bertz CT molecular complexity index is 2490. The minimum atomic E-state index is 0.787. The van der Waals surface area contributed by atoms with Gasteiger partial charge in [-0.25, -0.2) is 0 Å². The summed E-state index contributed by atoms with van der Waals surface area (Å²) in [5.74, 6) is 0. The maximum atomic E-state index is 6.97. The molecule has 4 heteroatoms. The number of allylic oxidation sites excluding steroid dienone is 1. The van der Waals surface area contributed by atoms with E-state index in [0.717, 1.165) is 62.0 Å². The van der Waals surface area contributed by atoms with Crippen LogP contribution in [0.1, 0.15) is 30.2 Å². The lowest BCUT2D eigenvalue weighted by Crippen LogP contribution is -2.01. The van der Waals surface area contributed by atoms with Gasteiger partial charge < -0.3 is 14.9 Å². The van der Waals surface area contributed by atoms with Gasteiger partial charge in [-0.3, -0.25) is 4.98 Å². The van der Waals surface area contributed by atoms with Crippen molar-refractivity contribution in [1.82, 2.24) is 14.1 Å². The molecule has 0 fully saturated rings. The number of hydrogen-bond donors (Lipinski definition) is 1. The van der Waals surface area contributed by atoms with E-state index in [-0.39, 0.29) is 0 Å². The monoisotopic (exact) mass is 608 g/mol. The number of anilines is 1. The molecule has 0 atom stereocenters. The topological polar surface area (TPSA) is 48.8 Å². The molecule has 5 aromatic carbocycles. The first kappa shape index (κ1) is 28.6. The summed E-state index contributed by atoms with van der Waals surface area (Å²) in [5, 5.41) is 2.19. The van der Waals surface area contributed by atoms with Gasteiger partial charge in [0.25, 0.3) is 0 Å². The Morgan fingerprint density at radius 3 is 1.89 bits per heavy atom. The SMILES string of the molecule is CC/C=C\c1c(N)c2cc(-c3ccccc3C)ccc2n1-c1cccc(-n2c3ccc(-c4ccccc4C)cc3c3ncccc32)c1. The maximum absolute atomic E-state index is 6.97. The van der Waals surface area contributed by atoms with E-state index in [9.17, 15) is 0 Å². The van der Waals surface area contributed by atoms with Crippen LogP contribution >= 0.6 is 0 Å². The fourth-order valence-electron chi connectivity index (χ4n) is 7.02. The molecule has 0 aliphatic rings. The van der Waals surface area contributed by atoms with E-state index >= 15 is 0 Å². The Kier molecular flexibility index (Phi) is 6.99. The van der Waals surface area contributed by atoms with Crippen LogP contribution in [0.4, 0.5) is 5.69 Å². The van der Waals surface area contributed by atoms with Crippen LogP contribution in [0.25, 0.3) is 72.5 Å². The van der Waals surface area contributed by atoms with Gasteiger partial charge in [0.2, 0.25) is 0 Å². The molecule has 0 unspecified atom stereocenters. The number of rotatable bonds is 6. The van der Waals surface area contributed by atoms with Crippen molar-refractivity contribution in [1.29, 1.82) is 0 Å². The second-order valence-electron chi connectivity index (χ2n) is 12.3. The van der Waals surface area contributed by atoms with Crippen molar-refractivity contribution in [2.45, 2.75) is 27.2 Å². The number of nitrogens with two attached hydrogens (primary N) is 1. The molecule has 0 saturated heterocycles. The minimum absolute atomic E-state index is 0.787. The van der Waals surface area contributed by atoms with E-state index in [4.69, 9.17) is 10.7 Å². The molecule has 0 aliphatic carbocycles. The zero-order valence-corrected chi connectivity index (χ0v) is 26.9. The molecule has 3 heterocycles. The standard InChI is InChI=1S/C43H36N4/c1-4-5-18-40-42(44)36-25-30(34-16-8-6-12-28(34)2)20-22-38(36)46(40)32-14-10-15-33(27-32)47-39-23-21-31(35-17-9-7-13-29(35)3)26-37(39)43-41(47)19-11-24-45-43/h5-27H,4,44H2,1-3H3/b18-5-. The number of aryl methyl sites for hydroxylation is 2. The lowest BCUT2D eigenvalue weighted by atomic mass is 9.99. The lowest BCUT2D eigenvalue weighted by Gasteiger charge is -2.14. The van der Waals surface area contributed by atoms with Crippen LogP contribution in [0.2, 0.25) is 0 Å². The smallest absolute Gasteiger partial charge is 0.0963 e. The average Bonchev–Trinajstić information content (AvgIpc) is 3.58. The van der Waals surface area contributed by atoms with Gasteiger partial charge in [0, 0.05) is 28.3 Å². The maximum Gasteiger partial charge on any atom is 0.0963 e. The fraction of sp³-hybridized carbons (Fsp3) is 0.0930. The molecule has 47 heavy (non-hydrogen) atoms. The van der Waals surface area contributed by atoms with Gasteiger partial charge in [-0.15, -0.1) is 0 Å². The van der Waals surface area contributed by atoms with Crippen molar-refractivity contribution in [2.75, 3.05) is 5.73 Å². The van der Waals surface area contributed by atoms with Gasteiger partial charge in [0.1, 0.15) is 0 Å². The second kappa shape index (κ2) is 11.5. The van der Waals surface area contributed by atoms with E-state index in [0.29, 0.717) is 0 Å². The van der Waals surface area contributed by atoms with Crippen LogP contribution in [0.15, 0.2) is 134 Å². The molecule has 0 bridgehead atoms. The van der Waals surface area contributed by atoms with Gasteiger partial charge in [0.05, 0.1) is 33.4 Å². The third-order valence-corrected chi connectivity index (χ3v) is 9.33. The quantitative estimate of drug-likeness (QED) is 0.204. The largest absolute Gasteiger partial charge is 0.396 e. The molecule has 8 aromatic rings. The van der Waals surface area contributed by atoms with Gasteiger partial charge in [-0.2, -0.15) is 0 Å². The summed E-state index contributed by atoms with van der Waals surface area (Å²) in [6, 6.07) is 43.4. The van der Waals surface area contributed by atoms with Gasteiger partial charge in [0.15, 0.2) is 0 Å². The zero-order chi connectivity index (χ0) is 32.1. The normalized spacial score (nSPS) is 11.8. The minimum Gasteiger partial charge on any atom is -0.396 e. The number of pyridine rings is 1. The van der Waals surface area contributed by atoms with Crippen LogP contribution in [0.3, 0.4) is 0 Å². The third-order valence-electron chi connectivity index (χ3n) is 9.33. The highest BCUT2D eigenvalue weighted by molar-refractivity contribution is 6.08. The summed E-state index contributed by atoms with van der Waals surface area (Å²) >= 11 is 0. The van der Waals surface area contributed by atoms with Crippen molar-refractivity contribution in [3.8, 4) is 33.6 Å². The van der Waals surface area contributed by atoms with Crippen molar-refractivity contribution < 1.29 is 0 Å². The number of fused-ring (bicyclic) bond motifs is 4. The van der Waals surface area contributed by atoms with Crippen molar-refractivity contribution >= 4 is 44.6 Å². The molecular formula is C43H36N4. The first-order chi connectivity index (χ1) is 23.0. The first-order valence-electron chi connectivity index (χ1n) is 16.3. The van der Waals surface area contributed by atoms with E-state index < -0.39 is 0 Å². The molecule has 0 radical (unpaired) electrons. The fourth-order valence-corrected chi connectivity index (χ4v) is 7.02. The Hall–Kier alpha value is -5.87. The molecule has 3 aromatic heterocycles. The Morgan fingerprint density at radius 1 is 0.617 bits per heavy atom. The van der Waals surface area contributed by atoms with E-state index in [1.165, 1.54) is 33.4 Å². The number of aromatic nitrogens is 3. The Morgan fingerprint density at radius 2 is 1.23 bits per heavy atom. The van der Waals surface area contributed by atoms with E-state index in [1.54, 1.807) is 0 Å². The molecule has 0 aliphatic heterocycles. The lowest BCUT2D eigenvalue weighted by molar-refractivity contribution is 1.09. The Balaban J connectivity index is 1.33. The highest BCUT2D eigenvalue weighted by atomic mass is 15.0. The van der Waals surface area contributed by atoms with Gasteiger partial charge in [-0.1, -0.05) is 79.7 Å². The van der Waals surface area contributed by atoms with Crippen molar-refractivity contribution in [3.05, 3.63) is 150 Å². The highest BCUT2D eigenvalue weighted by Crippen LogP contribution is 2.38. The van der Waals surface area contributed by atoms with Crippen LogP contribution < -0.4 is 5.73 Å². The van der Waals surface area contributed by atoms with Crippen LogP contribution in [-0.4, -0.2) is 14.1 Å². The summed E-state index contributed by atoms with van der Waals surface area (Å²) in [6.07, 6.45) is 7.15. The molecule has 8 rings (SSSR count). The predicted molar refractivity (Wildman–Crippen MR) is 199 cm³/mol. The van der Waals surface area contributed by atoms with Crippen molar-refractivity contribution in [2.24, 2.45) is 0 Å². The summed E-state index contributed by atoms with van der Waals surface area (Å²) in [5.41, 5.74) is 22.5. The van der Waals surface area contributed by atoms with E-state index in [2.05, 4.69) is 157 Å². The van der Waals surface area contributed by atoms with Crippen LogP contribution in [-0.2, 0) is 0 Å². The predicted octanol–water partition coefficient (Wildman–Crippen LogP) is 11.1. The molecule has 2 N–H and O–H groups in total. The number of nitrogen functional groups attached to an aromatic ring is 1. The molecule has 0 amide bonds. The third kappa shape index (κ3) is 4.72.